The maximum absolute atomic E-state index is 13.6. The van der Waals surface area contributed by atoms with E-state index in [9.17, 15) is 18.4 Å². The molecule has 2 N–H and O–H groups in total. The Hall–Kier alpha value is -2.53. The molecule has 1 aromatic rings. The number of hydrogen-bond donors (Lipinski definition) is 2. The van der Waals surface area contributed by atoms with E-state index in [1.54, 1.807) is 12.1 Å². The molecule has 1 aromatic carbocycles. The molecule has 0 unspecified atom stereocenters. The number of likely N-dealkylation sites (tertiary alicyclic amines) is 1. The van der Waals surface area contributed by atoms with Gasteiger partial charge in [0.15, 0.2) is 0 Å². The van der Waals surface area contributed by atoms with Crippen LogP contribution in [0.4, 0.5) is 8.78 Å². The fourth-order valence-corrected chi connectivity index (χ4v) is 5.31. The van der Waals surface area contributed by atoms with E-state index >= 15 is 0 Å². The first-order valence-electron chi connectivity index (χ1n) is 11.0. The van der Waals surface area contributed by atoms with Gasteiger partial charge in [0, 0.05) is 23.9 Å². The van der Waals surface area contributed by atoms with Crippen LogP contribution < -0.4 is 10.6 Å². The van der Waals surface area contributed by atoms with Crippen molar-refractivity contribution in [3.8, 4) is 6.07 Å². The molecule has 2 amide bonds. The third-order valence-electron chi connectivity index (χ3n) is 7.43. The van der Waals surface area contributed by atoms with E-state index in [0.717, 1.165) is 44.1 Å². The number of nitrogens with one attached hydrogen (secondary N) is 2. The molecule has 31 heavy (non-hydrogen) atoms. The Labute approximate surface area is 181 Å². The number of amides is 2. The van der Waals surface area contributed by atoms with E-state index in [0.29, 0.717) is 6.54 Å². The van der Waals surface area contributed by atoms with Crippen molar-refractivity contribution in [2.45, 2.75) is 69.2 Å². The third-order valence-corrected chi connectivity index (χ3v) is 7.43. The van der Waals surface area contributed by atoms with Gasteiger partial charge in [-0.25, -0.2) is 8.78 Å². The van der Waals surface area contributed by atoms with Gasteiger partial charge in [-0.15, -0.1) is 0 Å². The molecule has 1 aliphatic heterocycles. The minimum Gasteiger partial charge on any atom is -0.352 e. The number of nitrogens with zero attached hydrogens (tertiary/aromatic N) is 2. The van der Waals surface area contributed by atoms with Gasteiger partial charge in [-0.2, -0.15) is 5.26 Å². The fourth-order valence-electron chi connectivity index (χ4n) is 5.31. The number of hydrogen-bond acceptors (Lipinski definition) is 4. The number of alkyl halides is 1. The molecule has 0 aromatic heterocycles. The number of halogens is 2. The van der Waals surface area contributed by atoms with Crippen molar-refractivity contribution >= 4 is 11.8 Å². The van der Waals surface area contributed by atoms with E-state index in [4.69, 9.17) is 5.26 Å². The van der Waals surface area contributed by atoms with Crippen LogP contribution in [0, 0.1) is 22.6 Å². The maximum atomic E-state index is 13.6. The monoisotopic (exact) mass is 430 g/mol. The lowest BCUT2D eigenvalue weighted by Crippen LogP contribution is -2.60. The molecule has 166 valence electrons. The first-order chi connectivity index (χ1) is 14.8. The van der Waals surface area contributed by atoms with Crippen LogP contribution in [0.15, 0.2) is 24.3 Å². The summed E-state index contributed by atoms with van der Waals surface area (Å²) in [6.45, 7) is 0.460. The molecule has 0 radical (unpaired) electrons. The standard InChI is InChI=1S/C23H28F2N4O2/c24-17-3-1-16(2-4-17)13-27-21(31)22-5-8-23(9-6-22,10-7-22)28-14-20(30)29-15-18(25)11-19(29)12-26/h1-4,18-19,28H,5-11,13-15H2,(H,27,31)/t18-,19-,22?,23?/m0/s1. The van der Waals surface area contributed by atoms with Crippen molar-refractivity contribution in [3.05, 3.63) is 35.6 Å². The summed E-state index contributed by atoms with van der Waals surface area (Å²) >= 11 is 0. The Bertz CT molecular complexity index is 858. The fraction of sp³-hybridized carbons (Fsp3) is 0.609. The quantitative estimate of drug-likeness (QED) is 0.727. The summed E-state index contributed by atoms with van der Waals surface area (Å²) in [5.41, 5.74) is 0.307. The van der Waals surface area contributed by atoms with Gasteiger partial charge in [0.2, 0.25) is 11.8 Å². The van der Waals surface area contributed by atoms with E-state index in [2.05, 4.69) is 10.6 Å². The summed E-state index contributed by atoms with van der Waals surface area (Å²) in [5.74, 6) is -0.488. The number of fused-ring (bicyclic) bond motifs is 3. The number of carbonyl (C=O) groups is 2. The predicted octanol–water partition coefficient (Wildman–Crippen LogP) is 2.59. The second-order valence-corrected chi connectivity index (χ2v) is 9.25. The van der Waals surface area contributed by atoms with Crippen LogP contribution in [-0.2, 0) is 16.1 Å². The molecule has 0 spiro atoms. The van der Waals surface area contributed by atoms with Crippen molar-refractivity contribution in [2.75, 3.05) is 13.1 Å². The SMILES string of the molecule is N#C[C@@H]1C[C@H](F)CN1C(=O)CNC12CCC(C(=O)NCc3ccc(F)cc3)(CC1)CC2. The molecule has 1 saturated heterocycles. The maximum Gasteiger partial charge on any atom is 0.237 e. The average molecular weight is 430 g/mol. The molecule has 3 saturated carbocycles. The molecule has 4 aliphatic rings. The van der Waals surface area contributed by atoms with Gasteiger partial charge in [-0.3, -0.25) is 9.59 Å². The summed E-state index contributed by atoms with van der Waals surface area (Å²) in [6.07, 6.45) is 3.61. The smallest absolute Gasteiger partial charge is 0.237 e. The Kier molecular flexibility index (Phi) is 5.98. The summed E-state index contributed by atoms with van der Waals surface area (Å²) in [6, 6.07) is 7.44. The first kappa shape index (κ1) is 21.7. The highest BCUT2D eigenvalue weighted by atomic mass is 19.1. The molecule has 1 heterocycles. The lowest BCUT2D eigenvalue weighted by Gasteiger charge is -2.53. The largest absolute Gasteiger partial charge is 0.352 e. The van der Waals surface area contributed by atoms with Crippen LogP contribution in [-0.4, -0.2) is 47.6 Å². The van der Waals surface area contributed by atoms with Crippen molar-refractivity contribution in [2.24, 2.45) is 5.41 Å². The molecule has 4 fully saturated rings. The number of rotatable bonds is 6. The minimum absolute atomic E-state index is 0.0108. The number of carbonyl (C=O) groups excluding carboxylic acids is 2. The third kappa shape index (κ3) is 4.42. The topological polar surface area (TPSA) is 85.2 Å². The van der Waals surface area contributed by atoms with Crippen LogP contribution in [0.1, 0.15) is 50.5 Å². The Morgan fingerprint density at radius 2 is 1.77 bits per heavy atom. The normalized spacial score (nSPS) is 32.0. The van der Waals surface area contributed by atoms with Gasteiger partial charge in [0.05, 0.1) is 19.2 Å². The summed E-state index contributed by atoms with van der Waals surface area (Å²) in [7, 11) is 0. The zero-order chi connectivity index (χ0) is 22.1. The Morgan fingerprint density at radius 3 is 2.39 bits per heavy atom. The number of benzene rings is 1. The van der Waals surface area contributed by atoms with E-state index in [1.165, 1.54) is 17.0 Å². The molecule has 8 heteroatoms. The van der Waals surface area contributed by atoms with Crippen LogP contribution in [0.3, 0.4) is 0 Å². The van der Waals surface area contributed by atoms with Crippen molar-refractivity contribution in [1.82, 2.24) is 15.5 Å². The lowest BCUT2D eigenvalue weighted by atomic mass is 9.57. The van der Waals surface area contributed by atoms with Crippen LogP contribution >= 0.6 is 0 Å². The van der Waals surface area contributed by atoms with E-state index in [-0.39, 0.29) is 48.1 Å². The van der Waals surface area contributed by atoms with Crippen LogP contribution in [0.25, 0.3) is 0 Å². The van der Waals surface area contributed by atoms with E-state index in [1.807, 2.05) is 6.07 Å². The molecule has 2 bridgehead atoms. The van der Waals surface area contributed by atoms with Crippen molar-refractivity contribution in [1.29, 1.82) is 5.26 Å². The molecular weight excluding hydrogens is 402 g/mol. The average Bonchev–Trinajstić information content (AvgIpc) is 3.19. The van der Waals surface area contributed by atoms with E-state index < -0.39 is 12.2 Å². The van der Waals surface area contributed by atoms with Gasteiger partial charge in [0.1, 0.15) is 18.0 Å². The minimum atomic E-state index is -1.13. The van der Waals surface area contributed by atoms with Gasteiger partial charge in [0.25, 0.3) is 0 Å². The van der Waals surface area contributed by atoms with Gasteiger partial charge in [-0.05, 0) is 56.2 Å². The molecule has 2 atom stereocenters. The summed E-state index contributed by atoms with van der Waals surface area (Å²) < 4.78 is 26.6. The summed E-state index contributed by atoms with van der Waals surface area (Å²) in [4.78, 5) is 26.8. The second-order valence-electron chi connectivity index (χ2n) is 9.25. The lowest BCUT2D eigenvalue weighted by molar-refractivity contribution is -0.139. The predicted molar refractivity (Wildman–Crippen MR) is 110 cm³/mol. The van der Waals surface area contributed by atoms with Crippen molar-refractivity contribution < 1.29 is 18.4 Å². The zero-order valence-electron chi connectivity index (χ0n) is 17.5. The molecule has 6 nitrogen and oxygen atoms in total. The van der Waals surface area contributed by atoms with Gasteiger partial charge in [-0.1, -0.05) is 12.1 Å². The number of nitriles is 1. The summed E-state index contributed by atoms with van der Waals surface area (Å²) in [5, 5.41) is 15.5. The van der Waals surface area contributed by atoms with Gasteiger partial charge >= 0.3 is 0 Å². The van der Waals surface area contributed by atoms with Crippen LogP contribution in [0.5, 0.6) is 0 Å². The van der Waals surface area contributed by atoms with Crippen molar-refractivity contribution in [3.63, 3.8) is 0 Å². The second kappa shape index (κ2) is 8.54. The molecule has 3 aliphatic carbocycles. The molecule has 5 rings (SSSR count). The van der Waals surface area contributed by atoms with Crippen LogP contribution in [0.2, 0.25) is 0 Å². The highest BCUT2D eigenvalue weighted by Gasteiger charge is 2.52. The highest BCUT2D eigenvalue weighted by Crippen LogP contribution is 2.52. The zero-order valence-corrected chi connectivity index (χ0v) is 17.5. The highest BCUT2D eigenvalue weighted by molar-refractivity contribution is 5.83. The van der Waals surface area contributed by atoms with Gasteiger partial charge < -0.3 is 15.5 Å². The Balaban J connectivity index is 1.28. The first-order valence-corrected chi connectivity index (χ1v) is 11.0. The Morgan fingerprint density at radius 1 is 1.13 bits per heavy atom. The molecular formula is C23H28F2N4O2.